The first kappa shape index (κ1) is 26.4. The topological polar surface area (TPSA) is 106 Å². The lowest BCUT2D eigenvalue weighted by atomic mass is 9.79. The Hall–Kier alpha value is -3.16. The molecule has 0 spiro atoms. The largest absolute Gasteiger partial charge is 0.544 e. The summed E-state index contributed by atoms with van der Waals surface area (Å²) < 4.78 is 17.2. The van der Waals surface area contributed by atoms with Crippen LogP contribution in [0.25, 0.3) is 10.4 Å². The summed E-state index contributed by atoms with van der Waals surface area (Å²) >= 11 is 0. The Labute approximate surface area is 208 Å². The van der Waals surface area contributed by atoms with Gasteiger partial charge in [-0.3, -0.25) is 0 Å². The number of methoxy groups -OCH3 is 1. The number of esters is 1. The van der Waals surface area contributed by atoms with Crippen LogP contribution in [0.1, 0.15) is 44.9 Å². The van der Waals surface area contributed by atoms with E-state index in [0.717, 1.165) is 22.6 Å². The van der Waals surface area contributed by atoms with Crippen molar-refractivity contribution in [2.24, 2.45) is 11.0 Å². The molecule has 0 amide bonds. The summed E-state index contributed by atoms with van der Waals surface area (Å²) in [4.78, 5) is 16.0. The number of azide groups is 1. The van der Waals surface area contributed by atoms with E-state index in [1.165, 1.54) is 0 Å². The summed E-state index contributed by atoms with van der Waals surface area (Å²) in [5.74, 6) is 0.779. The van der Waals surface area contributed by atoms with Crippen LogP contribution in [0.4, 0.5) is 5.69 Å². The van der Waals surface area contributed by atoms with Gasteiger partial charge in [-0.25, -0.2) is 4.79 Å². The number of fused-ring (bicyclic) bond motifs is 1. The molecule has 3 atom stereocenters. The predicted molar refractivity (Wildman–Crippen MR) is 140 cm³/mol. The van der Waals surface area contributed by atoms with Gasteiger partial charge < -0.3 is 19.2 Å². The average molecular weight is 497 g/mol. The third-order valence-electron chi connectivity index (χ3n) is 7.01. The number of carbonyl (C=O) groups excluding carboxylic acids is 1. The lowest BCUT2D eigenvalue weighted by Crippen LogP contribution is -2.45. The fourth-order valence-corrected chi connectivity index (χ4v) is 5.08. The highest BCUT2D eigenvalue weighted by Gasteiger charge is 2.41. The van der Waals surface area contributed by atoms with Crippen LogP contribution in [0, 0.1) is 5.92 Å². The molecule has 8 nitrogen and oxygen atoms in total. The third-order valence-corrected chi connectivity index (χ3v) is 11.4. The Kier molecular flexibility index (Phi) is 8.02. The lowest BCUT2D eigenvalue weighted by Gasteiger charge is -2.38. The zero-order chi connectivity index (χ0) is 25.8. The minimum atomic E-state index is -1.95. The molecular weight excluding hydrogens is 460 g/mol. The fraction of sp³-hybridized carbons (Fsp3) is 0.500. The van der Waals surface area contributed by atoms with Crippen molar-refractivity contribution in [3.8, 4) is 11.5 Å². The van der Waals surface area contributed by atoms with Crippen LogP contribution in [0.2, 0.25) is 18.1 Å². The zero-order valence-electron chi connectivity index (χ0n) is 21.7. The van der Waals surface area contributed by atoms with Gasteiger partial charge in [0.1, 0.15) is 17.5 Å². The van der Waals surface area contributed by atoms with Crippen molar-refractivity contribution in [3.63, 3.8) is 0 Å². The van der Waals surface area contributed by atoms with E-state index in [1.54, 1.807) is 14.0 Å². The highest BCUT2D eigenvalue weighted by atomic mass is 28.4. The van der Waals surface area contributed by atoms with Crippen LogP contribution < -0.4 is 14.5 Å². The van der Waals surface area contributed by atoms with Gasteiger partial charge in [-0.2, -0.15) is 0 Å². The van der Waals surface area contributed by atoms with Crippen LogP contribution >= 0.6 is 0 Å². The molecule has 1 aliphatic rings. The molecule has 0 saturated heterocycles. The first-order chi connectivity index (χ1) is 16.5. The number of nitrogens with zero attached hydrogens (tertiary/aromatic N) is 3. The van der Waals surface area contributed by atoms with Gasteiger partial charge >= 0.3 is 5.97 Å². The lowest BCUT2D eigenvalue weighted by molar-refractivity contribution is -0.145. The summed E-state index contributed by atoms with van der Waals surface area (Å²) in [6.45, 7) is 13.1. The van der Waals surface area contributed by atoms with E-state index in [1.807, 2.05) is 42.5 Å². The monoisotopic (exact) mass is 496 g/mol. The van der Waals surface area contributed by atoms with E-state index in [4.69, 9.17) is 13.9 Å². The van der Waals surface area contributed by atoms with Crippen LogP contribution in [-0.4, -0.2) is 34.0 Å². The zero-order valence-corrected chi connectivity index (χ0v) is 22.7. The number of anilines is 1. The second-order valence-corrected chi connectivity index (χ2v) is 15.1. The van der Waals surface area contributed by atoms with Crippen molar-refractivity contribution in [1.82, 2.24) is 0 Å². The summed E-state index contributed by atoms with van der Waals surface area (Å²) in [6.07, 6.45) is 0.511. The second-order valence-electron chi connectivity index (χ2n) is 10.4. The molecule has 0 saturated carbocycles. The van der Waals surface area contributed by atoms with E-state index < -0.39 is 20.4 Å². The van der Waals surface area contributed by atoms with Crippen molar-refractivity contribution < 1.29 is 18.7 Å². The van der Waals surface area contributed by atoms with E-state index in [0.29, 0.717) is 12.2 Å². The molecule has 9 heteroatoms. The first-order valence-electron chi connectivity index (χ1n) is 11.9. The van der Waals surface area contributed by atoms with Crippen LogP contribution in [-0.2, 0) is 16.0 Å². The van der Waals surface area contributed by atoms with Crippen molar-refractivity contribution >= 4 is 20.0 Å². The van der Waals surface area contributed by atoms with Gasteiger partial charge in [-0.15, -0.1) is 0 Å². The Morgan fingerprint density at radius 3 is 2.37 bits per heavy atom. The molecule has 2 aromatic carbocycles. The van der Waals surface area contributed by atoms with Crippen LogP contribution in [0.5, 0.6) is 11.5 Å². The average Bonchev–Trinajstić information content (AvgIpc) is 2.80. The number of benzene rings is 2. The maximum Gasteiger partial charge on any atom is 0.328 e. The normalized spacial score (nSPS) is 19.6. The van der Waals surface area contributed by atoms with E-state index >= 15 is 0 Å². The Morgan fingerprint density at radius 2 is 1.80 bits per heavy atom. The van der Waals surface area contributed by atoms with Crippen LogP contribution in [0.15, 0.2) is 47.6 Å². The molecule has 3 unspecified atom stereocenters. The summed E-state index contributed by atoms with van der Waals surface area (Å²) in [6, 6.07) is 12.3. The maximum atomic E-state index is 12.9. The molecule has 2 aromatic rings. The molecule has 0 radical (unpaired) electrons. The van der Waals surface area contributed by atoms with Crippen molar-refractivity contribution in [1.29, 1.82) is 0 Å². The van der Waals surface area contributed by atoms with Gasteiger partial charge in [-0.05, 0) is 78.5 Å². The number of hydrogen-bond acceptors (Lipinski definition) is 6. The summed E-state index contributed by atoms with van der Waals surface area (Å²) in [7, 11) is -0.359. The number of hydrogen-bond donors (Lipinski definition) is 1. The standard InChI is InChI=1S/C26H36N4O4Si/c1-8-33-25(31)24-21(23(29-30-27)20-16-19(32-5)13-14-22(20)28-24)15-17-9-11-18(12-10-17)34-35(6,7)26(2,3)4/h9-14,16,21,23-24,28H,8,15H2,1-7H3. The van der Waals surface area contributed by atoms with Gasteiger partial charge in [0.25, 0.3) is 0 Å². The molecule has 188 valence electrons. The number of rotatable bonds is 8. The fourth-order valence-electron chi connectivity index (χ4n) is 4.04. The minimum Gasteiger partial charge on any atom is -0.544 e. The summed E-state index contributed by atoms with van der Waals surface area (Å²) in [5.41, 5.74) is 11.9. The Morgan fingerprint density at radius 1 is 1.14 bits per heavy atom. The quantitative estimate of drug-likeness (QED) is 0.145. The number of nitrogens with one attached hydrogen (secondary N) is 1. The highest BCUT2D eigenvalue weighted by Crippen LogP contribution is 2.43. The number of ether oxygens (including phenoxy) is 2. The van der Waals surface area contributed by atoms with Crippen molar-refractivity contribution in [2.45, 2.75) is 64.3 Å². The van der Waals surface area contributed by atoms with Crippen molar-refractivity contribution in [2.75, 3.05) is 19.0 Å². The van der Waals surface area contributed by atoms with Gasteiger partial charge in [0, 0.05) is 16.5 Å². The molecule has 3 rings (SSSR count). The minimum absolute atomic E-state index is 0.100. The maximum absolute atomic E-state index is 12.9. The first-order valence-corrected chi connectivity index (χ1v) is 14.8. The molecular formula is C26H36N4O4Si. The van der Waals surface area contributed by atoms with Crippen LogP contribution in [0.3, 0.4) is 0 Å². The van der Waals surface area contributed by atoms with Crippen molar-refractivity contribution in [3.05, 3.63) is 64.0 Å². The molecule has 1 N–H and O–H groups in total. The SMILES string of the molecule is CCOC(=O)C1Nc2ccc(OC)cc2C(N=[N+]=[N-])C1Cc1ccc(O[Si](C)(C)C(C)(C)C)cc1. The van der Waals surface area contributed by atoms with E-state index in [2.05, 4.69) is 49.2 Å². The molecule has 35 heavy (non-hydrogen) atoms. The molecule has 0 aliphatic carbocycles. The van der Waals surface area contributed by atoms with Gasteiger partial charge in [0.2, 0.25) is 8.32 Å². The van der Waals surface area contributed by atoms with E-state index in [-0.39, 0.29) is 23.5 Å². The molecule has 1 aliphatic heterocycles. The molecule has 1 heterocycles. The molecule has 0 aromatic heterocycles. The molecule has 0 fully saturated rings. The molecule has 0 bridgehead atoms. The Balaban J connectivity index is 1.94. The van der Waals surface area contributed by atoms with Gasteiger partial charge in [0.05, 0.1) is 19.8 Å². The summed E-state index contributed by atoms with van der Waals surface area (Å²) in [5, 5.41) is 7.54. The smallest absolute Gasteiger partial charge is 0.328 e. The van der Waals surface area contributed by atoms with Gasteiger partial charge in [-0.1, -0.05) is 38.0 Å². The number of carbonyl (C=O) groups is 1. The Bertz CT molecular complexity index is 1090. The van der Waals surface area contributed by atoms with Gasteiger partial charge in [0.15, 0.2) is 0 Å². The highest BCUT2D eigenvalue weighted by molar-refractivity contribution is 6.74. The second kappa shape index (κ2) is 10.6. The predicted octanol–water partition coefficient (Wildman–Crippen LogP) is 6.65. The van der Waals surface area contributed by atoms with E-state index in [9.17, 15) is 10.3 Å². The third kappa shape index (κ3) is 5.92.